The van der Waals surface area contributed by atoms with Crippen LogP contribution in [0.4, 0.5) is 27.6 Å². The van der Waals surface area contributed by atoms with Crippen LogP contribution in [0.5, 0.6) is 0 Å². The summed E-state index contributed by atoms with van der Waals surface area (Å²) in [4.78, 5) is 25.9. The van der Waals surface area contributed by atoms with Crippen molar-refractivity contribution in [2.75, 3.05) is 5.32 Å². The molecule has 3 aromatic carbocycles. The van der Waals surface area contributed by atoms with E-state index < -0.39 is 46.8 Å². The Morgan fingerprint density at radius 2 is 1.84 bits per heavy atom. The summed E-state index contributed by atoms with van der Waals surface area (Å²) < 4.78 is 68.9. The van der Waals surface area contributed by atoms with Crippen molar-refractivity contribution in [2.45, 2.75) is 12.2 Å². The molecule has 4 aromatic rings. The normalized spacial score (nSPS) is 14.9. The number of aromatic nitrogens is 2. The summed E-state index contributed by atoms with van der Waals surface area (Å²) in [7, 11) is 0. The van der Waals surface area contributed by atoms with E-state index >= 15 is 0 Å². The van der Waals surface area contributed by atoms with Gasteiger partial charge in [-0.1, -0.05) is 11.6 Å². The molecule has 1 aromatic heterocycles. The van der Waals surface area contributed by atoms with Gasteiger partial charge in [0.05, 0.1) is 17.3 Å². The van der Waals surface area contributed by atoms with E-state index in [-0.39, 0.29) is 33.5 Å². The molecule has 6 nitrogen and oxygen atoms in total. The molecule has 188 valence electrons. The Kier molecular flexibility index (Phi) is 5.95. The van der Waals surface area contributed by atoms with E-state index in [1.807, 2.05) is 0 Å². The molecule has 12 heteroatoms. The molecule has 2 amide bonds. The van der Waals surface area contributed by atoms with Crippen molar-refractivity contribution >= 4 is 29.1 Å². The van der Waals surface area contributed by atoms with Crippen LogP contribution in [0.1, 0.15) is 43.4 Å². The Bertz CT molecular complexity index is 1550. The molecule has 0 bridgehead atoms. The number of halogens is 6. The number of amides is 2. The van der Waals surface area contributed by atoms with Crippen LogP contribution in [0.3, 0.4) is 0 Å². The van der Waals surface area contributed by atoms with Crippen molar-refractivity contribution in [3.05, 3.63) is 111 Å². The number of hydrogen-bond acceptors (Lipinski definition) is 3. The third-order valence-electron chi connectivity index (χ3n) is 5.75. The number of alkyl halides is 3. The van der Waals surface area contributed by atoms with Gasteiger partial charge in [0, 0.05) is 45.4 Å². The summed E-state index contributed by atoms with van der Waals surface area (Å²) in [5.74, 6) is -3.50. The number of nitrogens with zero attached hydrogens (tertiary/aromatic N) is 2. The van der Waals surface area contributed by atoms with Gasteiger partial charge in [-0.2, -0.15) is 18.3 Å². The summed E-state index contributed by atoms with van der Waals surface area (Å²) >= 11 is 6.27. The topological polar surface area (TPSA) is 76.0 Å². The SMILES string of the molecule is O=C(Nc1cc(-n2cccn2)cc2c1[C@@H](c1cc(F)ccc1Cl)NC2=O)c1cc(F)cc(C(F)(F)F)c1. The van der Waals surface area contributed by atoms with Crippen molar-refractivity contribution in [3.8, 4) is 5.69 Å². The van der Waals surface area contributed by atoms with Crippen LogP contribution in [0.2, 0.25) is 5.02 Å². The molecular weight excluding hydrogens is 519 g/mol. The van der Waals surface area contributed by atoms with E-state index in [1.54, 1.807) is 12.3 Å². The Morgan fingerprint density at radius 1 is 1.05 bits per heavy atom. The quantitative estimate of drug-likeness (QED) is 0.321. The summed E-state index contributed by atoms with van der Waals surface area (Å²) in [6, 6.07) is 8.56. The van der Waals surface area contributed by atoms with Crippen LogP contribution in [-0.2, 0) is 6.18 Å². The van der Waals surface area contributed by atoms with Crippen LogP contribution < -0.4 is 10.6 Å². The van der Waals surface area contributed by atoms with E-state index in [1.165, 1.54) is 29.1 Å². The van der Waals surface area contributed by atoms with Crippen molar-refractivity contribution in [3.63, 3.8) is 0 Å². The molecule has 0 aliphatic carbocycles. The van der Waals surface area contributed by atoms with Crippen molar-refractivity contribution in [1.29, 1.82) is 0 Å². The first-order chi connectivity index (χ1) is 17.5. The number of carbonyl (C=O) groups excluding carboxylic acids is 2. The molecule has 1 aliphatic rings. The number of benzene rings is 3. The Morgan fingerprint density at radius 3 is 2.54 bits per heavy atom. The molecule has 1 atom stereocenters. The van der Waals surface area contributed by atoms with Crippen LogP contribution in [0.15, 0.2) is 67.0 Å². The molecule has 37 heavy (non-hydrogen) atoms. The van der Waals surface area contributed by atoms with Gasteiger partial charge in [-0.25, -0.2) is 13.5 Å². The molecule has 0 fully saturated rings. The number of rotatable bonds is 4. The number of fused-ring (bicyclic) bond motifs is 1. The number of hydrogen-bond donors (Lipinski definition) is 2. The highest BCUT2D eigenvalue weighted by molar-refractivity contribution is 6.31. The summed E-state index contributed by atoms with van der Waals surface area (Å²) in [5.41, 5.74) is -1.08. The highest BCUT2D eigenvalue weighted by atomic mass is 35.5. The second-order valence-corrected chi connectivity index (χ2v) is 8.57. The van der Waals surface area contributed by atoms with E-state index in [0.29, 0.717) is 17.8 Å². The number of nitrogens with one attached hydrogen (secondary N) is 2. The van der Waals surface area contributed by atoms with Gasteiger partial charge in [0.25, 0.3) is 11.8 Å². The molecule has 0 saturated carbocycles. The zero-order valence-corrected chi connectivity index (χ0v) is 19.2. The lowest BCUT2D eigenvalue weighted by Gasteiger charge is -2.19. The van der Waals surface area contributed by atoms with Crippen LogP contribution in [0, 0.1) is 11.6 Å². The summed E-state index contributed by atoms with van der Waals surface area (Å²) in [6.45, 7) is 0. The van der Waals surface area contributed by atoms with Gasteiger partial charge >= 0.3 is 6.18 Å². The third kappa shape index (κ3) is 4.65. The lowest BCUT2D eigenvalue weighted by molar-refractivity contribution is -0.137. The maximum atomic E-state index is 14.0. The maximum absolute atomic E-state index is 14.0. The average Bonchev–Trinajstić information content (AvgIpc) is 3.48. The Hall–Kier alpha value is -4.25. The van der Waals surface area contributed by atoms with E-state index in [9.17, 15) is 31.5 Å². The molecule has 2 N–H and O–H groups in total. The molecule has 2 heterocycles. The highest BCUT2D eigenvalue weighted by Gasteiger charge is 2.36. The first-order valence-corrected chi connectivity index (χ1v) is 11.0. The van der Waals surface area contributed by atoms with Crippen LogP contribution in [-0.4, -0.2) is 21.6 Å². The Balaban J connectivity index is 1.65. The predicted molar refractivity (Wildman–Crippen MR) is 124 cm³/mol. The van der Waals surface area contributed by atoms with Crippen LogP contribution >= 0.6 is 11.6 Å². The van der Waals surface area contributed by atoms with Crippen molar-refractivity contribution in [2.24, 2.45) is 0 Å². The van der Waals surface area contributed by atoms with E-state index in [4.69, 9.17) is 11.6 Å². The number of anilines is 1. The molecule has 5 rings (SSSR count). The monoisotopic (exact) mass is 532 g/mol. The van der Waals surface area contributed by atoms with Crippen LogP contribution in [0.25, 0.3) is 5.69 Å². The molecular formula is C25H14ClF5N4O2. The zero-order valence-electron chi connectivity index (χ0n) is 18.4. The summed E-state index contributed by atoms with van der Waals surface area (Å²) in [5, 5.41) is 9.39. The first-order valence-electron chi connectivity index (χ1n) is 10.6. The van der Waals surface area contributed by atoms with Gasteiger partial charge in [0.1, 0.15) is 11.6 Å². The summed E-state index contributed by atoms with van der Waals surface area (Å²) in [6.07, 6.45) is -1.83. The zero-order chi connectivity index (χ0) is 26.5. The second kappa shape index (κ2) is 9.00. The Labute approximate surface area is 210 Å². The van der Waals surface area contributed by atoms with Gasteiger partial charge < -0.3 is 10.6 Å². The van der Waals surface area contributed by atoms with Crippen molar-refractivity contribution < 1.29 is 31.5 Å². The minimum atomic E-state index is -4.88. The fourth-order valence-corrected chi connectivity index (χ4v) is 4.35. The largest absolute Gasteiger partial charge is 0.416 e. The average molecular weight is 533 g/mol. The molecule has 1 aliphatic heterocycles. The number of carbonyl (C=O) groups is 2. The van der Waals surface area contributed by atoms with Gasteiger partial charge in [-0.3, -0.25) is 9.59 Å². The minimum Gasteiger partial charge on any atom is -0.341 e. The fourth-order valence-electron chi connectivity index (χ4n) is 4.12. The molecule has 0 unspecified atom stereocenters. The maximum Gasteiger partial charge on any atom is 0.416 e. The fraction of sp³-hybridized carbons (Fsp3) is 0.0800. The lowest BCUT2D eigenvalue weighted by atomic mass is 9.95. The lowest BCUT2D eigenvalue weighted by Crippen LogP contribution is -2.21. The smallest absolute Gasteiger partial charge is 0.341 e. The molecule has 0 spiro atoms. The first kappa shape index (κ1) is 24.4. The second-order valence-electron chi connectivity index (χ2n) is 8.16. The van der Waals surface area contributed by atoms with E-state index in [2.05, 4.69) is 15.7 Å². The van der Waals surface area contributed by atoms with Crippen molar-refractivity contribution in [1.82, 2.24) is 15.1 Å². The van der Waals surface area contributed by atoms with Gasteiger partial charge in [-0.05, 0) is 54.6 Å². The van der Waals surface area contributed by atoms with Gasteiger partial charge in [0.15, 0.2) is 0 Å². The standard InChI is InChI=1S/C25H14ClF5N4O2/c26-19-3-2-14(27)9-17(19)22-21-18(24(37)34-22)10-16(35-5-1-4-32-35)11-20(21)33-23(36)12-6-13(25(29,30)31)8-15(28)7-12/h1-11,22H,(H,33,36)(H,34,37)/t22-/m1/s1. The van der Waals surface area contributed by atoms with E-state index in [0.717, 1.165) is 12.1 Å². The minimum absolute atomic E-state index is 0.00879. The molecule has 0 radical (unpaired) electrons. The molecule has 0 saturated heterocycles. The highest BCUT2D eigenvalue weighted by Crippen LogP contribution is 2.41. The third-order valence-corrected chi connectivity index (χ3v) is 6.09. The van der Waals surface area contributed by atoms with Gasteiger partial charge in [0.2, 0.25) is 0 Å². The van der Waals surface area contributed by atoms with Gasteiger partial charge in [-0.15, -0.1) is 0 Å². The predicted octanol–water partition coefficient (Wildman–Crippen LogP) is 5.91.